The van der Waals surface area contributed by atoms with E-state index in [9.17, 15) is 4.79 Å². The third-order valence-corrected chi connectivity index (χ3v) is 3.38. The molecule has 86 valence electrons. The summed E-state index contributed by atoms with van der Waals surface area (Å²) in [4.78, 5) is 11.8. The average molecular weight is 217 g/mol. The first kappa shape index (κ1) is 11.2. The van der Waals surface area contributed by atoms with Crippen molar-refractivity contribution in [2.24, 2.45) is 11.8 Å². The Morgan fingerprint density at radius 2 is 1.94 bits per heavy atom. The van der Waals surface area contributed by atoms with Crippen molar-refractivity contribution in [1.82, 2.24) is 5.32 Å². The lowest BCUT2D eigenvalue weighted by atomic mass is 10.1. The number of rotatable bonds is 3. The van der Waals surface area contributed by atoms with Gasteiger partial charge in [-0.15, -0.1) is 0 Å². The highest BCUT2D eigenvalue weighted by Gasteiger charge is 2.39. The average Bonchev–Trinajstić information content (AvgIpc) is 2.96. The number of carbonyl (C=O) groups is 1. The number of hydrogen-bond donors (Lipinski definition) is 1. The summed E-state index contributed by atoms with van der Waals surface area (Å²) in [5.74, 6) is 1.04. The highest BCUT2D eigenvalue weighted by Crippen LogP contribution is 2.38. The minimum Gasteiger partial charge on any atom is -0.349 e. The molecular weight excluding hydrogens is 198 g/mol. The standard InChI is InChI=1S/C14H19NO/c1-9-4-6-12(7-5-9)11(3)15-14(16)13-8-10(13)2/h4-7,10-11,13H,8H2,1-3H3,(H,15,16)/t10-,11-,13+/m0/s1. The van der Waals surface area contributed by atoms with E-state index < -0.39 is 0 Å². The predicted molar refractivity (Wildman–Crippen MR) is 65.0 cm³/mol. The highest BCUT2D eigenvalue weighted by atomic mass is 16.2. The number of nitrogens with one attached hydrogen (secondary N) is 1. The summed E-state index contributed by atoms with van der Waals surface area (Å²) in [6, 6.07) is 8.43. The molecule has 1 aromatic carbocycles. The predicted octanol–water partition coefficient (Wildman–Crippen LogP) is 2.83. The van der Waals surface area contributed by atoms with Crippen molar-refractivity contribution in [2.45, 2.75) is 33.2 Å². The molecule has 0 radical (unpaired) electrons. The van der Waals surface area contributed by atoms with Crippen molar-refractivity contribution < 1.29 is 4.79 Å². The first-order chi connectivity index (χ1) is 7.58. The fraction of sp³-hybridized carbons (Fsp3) is 0.500. The first-order valence-electron chi connectivity index (χ1n) is 5.95. The Morgan fingerprint density at radius 1 is 1.38 bits per heavy atom. The van der Waals surface area contributed by atoms with E-state index in [0.717, 1.165) is 6.42 Å². The summed E-state index contributed by atoms with van der Waals surface area (Å²) in [6.07, 6.45) is 1.05. The molecule has 0 spiro atoms. The Bertz CT molecular complexity index is 382. The van der Waals surface area contributed by atoms with E-state index in [-0.39, 0.29) is 17.9 Å². The van der Waals surface area contributed by atoms with Crippen LogP contribution < -0.4 is 5.32 Å². The van der Waals surface area contributed by atoms with Gasteiger partial charge in [0.15, 0.2) is 0 Å². The van der Waals surface area contributed by atoms with E-state index in [1.165, 1.54) is 11.1 Å². The van der Waals surface area contributed by atoms with Gasteiger partial charge >= 0.3 is 0 Å². The Morgan fingerprint density at radius 3 is 2.44 bits per heavy atom. The van der Waals surface area contributed by atoms with Crippen molar-refractivity contribution in [1.29, 1.82) is 0 Å². The van der Waals surface area contributed by atoms with E-state index in [2.05, 4.69) is 43.4 Å². The van der Waals surface area contributed by atoms with Crippen LogP contribution in [-0.4, -0.2) is 5.91 Å². The molecule has 0 saturated heterocycles. The molecule has 1 amide bonds. The SMILES string of the molecule is Cc1ccc([C@H](C)NC(=O)[C@@H]2C[C@@H]2C)cc1. The molecule has 1 aliphatic carbocycles. The van der Waals surface area contributed by atoms with Crippen LogP contribution in [0.4, 0.5) is 0 Å². The smallest absolute Gasteiger partial charge is 0.223 e. The maximum atomic E-state index is 11.8. The lowest BCUT2D eigenvalue weighted by Gasteiger charge is -2.14. The molecule has 1 aromatic rings. The molecular formula is C14H19NO. The molecule has 1 aliphatic rings. The number of aryl methyl sites for hydroxylation is 1. The Kier molecular flexibility index (Phi) is 2.99. The lowest BCUT2D eigenvalue weighted by Crippen LogP contribution is -2.28. The van der Waals surface area contributed by atoms with Crippen molar-refractivity contribution in [3.63, 3.8) is 0 Å². The van der Waals surface area contributed by atoms with Gasteiger partial charge in [-0.25, -0.2) is 0 Å². The van der Waals surface area contributed by atoms with Gasteiger partial charge in [0.25, 0.3) is 0 Å². The molecule has 1 fully saturated rings. The van der Waals surface area contributed by atoms with Gasteiger partial charge in [0.05, 0.1) is 6.04 Å². The zero-order valence-electron chi connectivity index (χ0n) is 10.2. The van der Waals surface area contributed by atoms with E-state index in [0.29, 0.717) is 5.92 Å². The van der Waals surface area contributed by atoms with E-state index in [1.54, 1.807) is 0 Å². The maximum Gasteiger partial charge on any atom is 0.223 e. The van der Waals surface area contributed by atoms with E-state index in [1.807, 2.05) is 6.92 Å². The lowest BCUT2D eigenvalue weighted by molar-refractivity contribution is -0.123. The van der Waals surface area contributed by atoms with Gasteiger partial charge in [-0.3, -0.25) is 4.79 Å². The molecule has 0 unspecified atom stereocenters. The minimum absolute atomic E-state index is 0.112. The molecule has 16 heavy (non-hydrogen) atoms. The van der Waals surface area contributed by atoms with E-state index >= 15 is 0 Å². The summed E-state index contributed by atoms with van der Waals surface area (Å²) in [5.41, 5.74) is 2.42. The van der Waals surface area contributed by atoms with Crippen LogP contribution in [-0.2, 0) is 4.79 Å². The van der Waals surface area contributed by atoms with Crippen LogP contribution in [0.1, 0.15) is 37.4 Å². The second-order valence-electron chi connectivity index (χ2n) is 4.96. The first-order valence-corrected chi connectivity index (χ1v) is 5.95. The van der Waals surface area contributed by atoms with Crippen LogP contribution in [0.2, 0.25) is 0 Å². The van der Waals surface area contributed by atoms with Crippen molar-refractivity contribution in [3.05, 3.63) is 35.4 Å². The summed E-state index contributed by atoms with van der Waals surface area (Å²) >= 11 is 0. The third-order valence-electron chi connectivity index (χ3n) is 3.38. The molecule has 3 atom stereocenters. The summed E-state index contributed by atoms with van der Waals surface area (Å²) in [6.45, 7) is 6.23. The molecule has 0 bridgehead atoms. The van der Waals surface area contributed by atoms with Crippen molar-refractivity contribution in [2.75, 3.05) is 0 Å². The van der Waals surface area contributed by atoms with Crippen LogP contribution in [0.3, 0.4) is 0 Å². The second-order valence-corrected chi connectivity index (χ2v) is 4.96. The molecule has 0 heterocycles. The van der Waals surface area contributed by atoms with Crippen LogP contribution in [0.25, 0.3) is 0 Å². The Labute approximate surface area is 97.1 Å². The van der Waals surface area contributed by atoms with Gasteiger partial charge in [-0.1, -0.05) is 36.8 Å². The zero-order chi connectivity index (χ0) is 11.7. The van der Waals surface area contributed by atoms with Crippen LogP contribution in [0.15, 0.2) is 24.3 Å². The van der Waals surface area contributed by atoms with Gasteiger partial charge < -0.3 is 5.32 Å². The Hall–Kier alpha value is -1.31. The largest absolute Gasteiger partial charge is 0.349 e. The fourth-order valence-electron chi connectivity index (χ4n) is 1.95. The van der Waals surface area contributed by atoms with E-state index in [4.69, 9.17) is 0 Å². The molecule has 2 rings (SSSR count). The van der Waals surface area contributed by atoms with Crippen molar-refractivity contribution in [3.8, 4) is 0 Å². The second kappa shape index (κ2) is 4.28. The summed E-state index contributed by atoms with van der Waals surface area (Å²) in [7, 11) is 0. The van der Waals surface area contributed by atoms with Gasteiger partial charge in [0.1, 0.15) is 0 Å². The van der Waals surface area contributed by atoms with Gasteiger partial charge in [0.2, 0.25) is 5.91 Å². The molecule has 2 heteroatoms. The number of benzene rings is 1. The van der Waals surface area contributed by atoms with Gasteiger partial charge in [-0.2, -0.15) is 0 Å². The molecule has 1 N–H and O–H groups in total. The van der Waals surface area contributed by atoms with Crippen LogP contribution in [0.5, 0.6) is 0 Å². The monoisotopic (exact) mass is 217 g/mol. The summed E-state index contributed by atoms with van der Waals surface area (Å²) in [5, 5.41) is 3.07. The highest BCUT2D eigenvalue weighted by molar-refractivity contribution is 5.81. The molecule has 0 aliphatic heterocycles. The number of hydrogen-bond acceptors (Lipinski definition) is 1. The Balaban J connectivity index is 1.94. The third kappa shape index (κ3) is 2.43. The maximum absolute atomic E-state index is 11.8. The fourth-order valence-corrected chi connectivity index (χ4v) is 1.95. The quantitative estimate of drug-likeness (QED) is 0.828. The van der Waals surface area contributed by atoms with Gasteiger partial charge in [-0.05, 0) is 31.7 Å². The minimum atomic E-state index is 0.112. The summed E-state index contributed by atoms with van der Waals surface area (Å²) < 4.78 is 0. The molecule has 0 aromatic heterocycles. The topological polar surface area (TPSA) is 29.1 Å². The van der Waals surface area contributed by atoms with Crippen LogP contribution >= 0.6 is 0 Å². The number of carbonyl (C=O) groups excluding carboxylic acids is 1. The molecule has 2 nitrogen and oxygen atoms in total. The van der Waals surface area contributed by atoms with Gasteiger partial charge in [0, 0.05) is 5.92 Å². The van der Waals surface area contributed by atoms with Crippen LogP contribution in [0, 0.1) is 18.8 Å². The molecule has 1 saturated carbocycles. The normalized spacial score (nSPS) is 24.9. The number of amides is 1. The van der Waals surface area contributed by atoms with Crippen molar-refractivity contribution >= 4 is 5.91 Å². The zero-order valence-corrected chi connectivity index (χ0v) is 10.2.